The Kier molecular flexibility index (Phi) is 13.9. The van der Waals surface area contributed by atoms with Crippen molar-refractivity contribution in [3.8, 4) is 0 Å². The maximum Gasteiger partial charge on any atom is 0.326 e. The summed E-state index contributed by atoms with van der Waals surface area (Å²) in [6.45, 7) is 1.43. The summed E-state index contributed by atoms with van der Waals surface area (Å²) in [6.07, 6.45) is -1.91. The van der Waals surface area contributed by atoms with E-state index in [1.54, 1.807) is 30.3 Å². The monoisotopic (exact) mass is 551 g/mol. The minimum absolute atomic E-state index is 0.0131. The predicted octanol–water partition coefficient (Wildman–Crippen LogP) is -2.61. The first-order valence-electron chi connectivity index (χ1n) is 12.2. The Balaban J connectivity index is 3.09. The third-order valence-corrected chi connectivity index (χ3v) is 5.58. The number of amides is 3. The number of benzene rings is 1. The number of aliphatic imine (C=N–C) groups is 1. The van der Waals surface area contributed by atoms with Crippen molar-refractivity contribution < 1.29 is 39.3 Å². The number of hydrogen-bond acceptors (Lipinski definition) is 8. The summed E-state index contributed by atoms with van der Waals surface area (Å²) in [6, 6.07) is 3.21. The van der Waals surface area contributed by atoms with Crippen LogP contribution in [0.15, 0.2) is 35.3 Å². The van der Waals surface area contributed by atoms with Crippen LogP contribution in [-0.4, -0.2) is 87.8 Å². The van der Waals surface area contributed by atoms with Gasteiger partial charge >= 0.3 is 11.9 Å². The molecule has 5 unspecified atom stereocenters. The van der Waals surface area contributed by atoms with E-state index in [1.807, 2.05) is 0 Å². The summed E-state index contributed by atoms with van der Waals surface area (Å²) in [5, 5.41) is 35.4. The predicted molar refractivity (Wildman–Crippen MR) is 140 cm³/mol. The van der Waals surface area contributed by atoms with Gasteiger partial charge in [-0.1, -0.05) is 30.3 Å². The zero-order chi connectivity index (χ0) is 29.5. The quantitative estimate of drug-likeness (QED) is 0.0549. The average Bonchev–Trinajstić information content (AvgIpc) is 2.87. The number of nitrogens with zero attached hydrogens (tertiary/aromatic N) is 1. The highest BCUT2D eigenvalue weighted by Gasteiger charge is 2.31. The Morgan fingerprint density at radius 3 is 1.97 bits per heavy atom. The molecule has 3 amide bonds. The first kappa shape index (κ1) is 32.8. The van der Waals surface area contributed by atoms with E-state index in [9.17, 15) is 34.2 Å². The number of carboxylic acid groups (broad SMARTS) is 2. The zero-order valence-electron chi connectivity index (χ0n) is 21.6. The van der Waals surface area contributed by atoms with Crippen molar-refractivity contribution in [1.29, 1.82) is 0 Å². The van der Waals surface area contributed by atoms with Gasteiger partial charge < -0.3 is 48.5 Å². The van der Waals surface area contributed by atoms with Gasteiger partial charge in [-0.25, -0.2) is 4.79 Å². The highest BCUT2D eigenvalue weighted by atomic mass is 16.4. The number of carbonyl (C=O) groups is 5. The molecule has 0 bridgehead atoms. The molecule has 0 radical (unpaired) electrons. The van der Waals surface area contributed by atoms with Crippen molar-refractivity contribution in [3.05, 3.63) is 35.9 Å². The van der Waals surface area contributed by atoms with E-state index in [1.165, 1.54) is 6.92 Å². The summed E-state index contributed by atoms with van der Waals surface area (Å²) >= 11 is 0. The highest BCUT2D eigenvalue weighted by molar-refractivity contribution is 5.94. The van der Waals surface area contributed by atoms with E-state index in [0.29, 0.717) is 5.56 Å². The second-order valence-electron chi connectivity index (χ2n) is 8.86. The first-order chi connectivity index (χ1) is 18.3. The van der Waals surface area contributed by atoms with Gasteiger partial charge in [0.05, 0.1) is 6.10 Å². The Bertz CT molecular complexity index is 1010. The van der Waals surface area contributed by atoms with Crippen LogP contribution in [0, 0.1) is 0 Å². The van der Waals surface area contributed by atoms with Crippen LogP contribution >= 0.6 is 0 Å². The smallest absolute Gasteiger partial charge is 0.326 e. The molecule has 1 aromatic rings. The van der Waals surface area contributed by atoms with Crippen LogP contribution in [0.4, 0.5) is 0 Å². The van der Waals surface area contributed by atoms with Gasteiger partial charge in [-0.3, -0.25) is 24.2 Å². The van der Waals surface area contributed by atoms with Crippen molar-refractivity contribution >= 4 is 35.6 Å². The molecular weight excluding hydrogens is 514 g/mol. The zero-order valence-corrected chi connectivity index (χ0v) is 21.6. The second-order valence-corrected chi connectivity index (χ2v) is 8.86. The van der Waals surface area contributed by atoms with Gasteiger partial charge in [0.25, 0.3) is 0 Å². The van der Waals surface area contributed by atoms with Crippen LogP contribution in [0.5, 0.6) is 0 Å². The fourth-order valence-electron chi connectivity index (χ4n) is 3.39. The number of aliphatic carboxylic acids is 2. The van der Waals surface area contributed by atoms with Gasteiger partial charge in [0.2, 0.25) is 17.7 Å². The van der Waals surface area contributed by atoms with Crippen molar-refractivity contribution in [3.63, 3.8) is 0 Å². The van der Waals surface area contributed by atoms with Crippen molar-refractivity contribution in [2.45, 2.75) is 69.3 Å². The molecule has 0 saturated heterocycles. The molecule has 216 valence electrons. The first-order valence-corrected chi connectivity index (χ1v) is 12.2. The number of aliphatic hydroxyl groups is 1. The molecule has 0 spiro atoms. The molecule has 12 N–H and O–H groups in total. The number of carbonyl (C=O) groups excluding carboxylic acids is 3. The number of nitrogens with two attached hydrogens (primary N) is 3. The van der Waals surface area contributed by atoms with Gasteiger partial charge in [0.15, 0.2) is 5.96 Å². The molecule has 1 aromatic carbocycles. The lowest BCUT2D eigenvalue weighted by atomic mass is 10.0. The number of aliphatic hydroxyl groups excluding tert-OH is 1. The van der Waals surface area contributed by atoms with Crippen molar-refractivity contribution in [2.75, 3.05) is 6.54 Å². The topological polar surface area (TPSA) is 273 Å². The molecule has 39 heavy (non-hydrogen) atoms. The lowest BCUT2D eigenvalue weighted by molar-refractivity contribution is -0.143. The number of guanidine groups is 1. The third kappa shape index (κ3) is 12.7. The molecular formula is C24H37N7O8. The Morgan fingerprint density at radius 2 is 1.44 bits per heavy atom. The molecule has 15 heteroatoms. The van der Waals surface area contributed by atoms with Crippen LogP contribution in [0.3, 0.4) is 0 Å². The van der Waals surface area contributed by atoms with Gasteiger partial charge in [-0.05, 0) is 31.7 Å². The van der Waals surface area contributed by atoms with Gasteiger partial charge in [-0.2, -0.15) is 0 Å². The Hall–Kier alpha value is -4.24. The molecule has 0 saturated carbocycles. The van der Waals surface area contributed by atoms with Crippen LogP contribution < -0.4 is 33.2 Å². The van der Waals surface area contributed by atoms with E-state index in [0.717, 1.165) is 0 Å². The lowest BCUT2D eigenvalue weighted by Crippen LogP contribution is -2.58. The third-order valence-electron chi connectivity index (χ3n) is 5.58. The number of hydrogen-bond donors (Lipinski definition) is 9. The van der Waals surface area contributed by atoms with Crippen LogP contribution in [0.25, 0.3) is 0 Å². The summed E-state index contributed by atoms with van der Waals surface area (Å²) < 4.78 is 0. The number of nitrogens with one attached hydrogen (secondary N) is 3. The van der Waals surface area contributed by atoms with E-state index in [4.69, 9.17) is 22.3 Å². The lowest BCUT2D eigenvalue weighted by Gasteiger charge is -2.25. The van der Waals surface area contributed by atoms with E-state index >= 15 is 0 Å². The normalized spacial score (nSPS) is 14.5. The van der Waals surface area contributed by atoms with E-state index < -0.39 is 66.4 Å². The molecule has 0 aliphatic rings. The molecule has 0 aromatic heterocycles. The SMILES string of the molecule is CC(O)C(N)C(=O)NC(Cc1ccccc1)C(=O)NC(CCC(=O)O)C(=O)NC(CCCN=C(N)N)C(=O)O. The fraction of sp³-hybridized carbons (Fsp3) is 0.500. The van der Waals surface area contributed by atoms with Crippen molar-refractivity contribution in [2.24, 2.45) is 22.2 Å². The van der Waals surface area contributed by atoms with E-state index in [2.05, 4.69) is 20.9 Å². The molecule has 0 aliphatic carbocycles. The fourth-order valence-corrected chi connectivity index (χ4v) is 3.39. The summed E-state index contributed by atoms with van der Waals surface area (Å²) in [4.78, 5) is 65.2. The summed E-state index contributed by atoms with van der Waals surface area (Å²) in [7, 11) is 0. The van der Waals surface area contributed by atoms with Crippen LogP contribution in [0.1, 0.15) is 38.2 Å². The van der Waals surface area contributed by atoms with Gasteiger partial charge in [0, 0.05) is 19.4 Å². The van der Waals surface area contributed by atoms with Crippen LogP contribution in [-0.2, 0) is 30.4 Å². The van der Waals surface area contributed by atoms with Crippen molar-refractivity contribution in [1.82, 2.24) is 16.0 Å². The molecule has 0 fully saturated rings. The summed E-state index contributed by atoms with van der Waals surface area (Å²) in [5.74, 6) is -5.35. The largest absolute Gasteiger partial charge is 0.481 e. The minimum atomic E-state index is -1.44. The maximum absolute atomic E-state index is 13.2. The minimum Gasteiger partial charge on any atom is -0.481 e. The average molecular weight is 552 g/mol. The molecule has 0 heterocycles. The van der Waals surface area contributed by atoms with Crippen LogP contribution in [0.2, 0.25) is 0 Å². The summed E-state index contributed by atoms with van der Waals surface area (Å²) in [5.41, 5.74) is 16.8. The molecule has 0 aliphatic heterocycles. The number of rotatable bonds is 17. The van der Waals surface area contributed by atoms with Gasteiger partial charge in [0.1, 0.15) is 24.2 Å². The Labute approximate surface area is 225 Å². The maximum atomic E-state index is 13.2. The highest BCUT2D eigenvalue weighted by Crippen LogP contribution is 2.07. The molecule has 15 nitrogen and oxygen atoms in total. The number of carboxylic acids is 2. The van der Waals surface area contributed by atoms with E-state index in [-0.39, 0.29) is 38.2 Å². The second kappa shape index (κ2) is 16.6. The molecule has 5 atom stereocenters. The molecule has 1 rings (SSSR count). The van der Waals surface area contributed by atoms with Gasteiger partial charge in [-0.15, -0.1) is 0 Å². The standard InChI is InChI=1S/C24H37N7O8/c1-13(32)19(25)22(37)31-17(12-14-6-3-2-4-7-14)21(36)29-15(9-10-18(33)34)20(35)30-16(23(38)39)8-5-11-28-24(26)27/h2-4,6-7,13,15-17,19,32H,5,8-12,25H2,1H3,(H,29,36)(H,30,35)(H,31,37)(H,33,34)(H,38,39)(H4,26,27,28). The Morgan fingerprint density at radius 1 is 0.872 bits per heavy atom.